The van der Waals surface area contributed by atoms with Crippen molar-refractivity contribution in [2.45, 2.75) is 23.6 Å². The Labute approximate surface area is 216 Å². The van der Waals surface area contributed by atoms with Gasteiger partial charge in [-0.15, -0.1) is 0 Å². The lowest BCUT2D eigenvalue weighted by Crippen LogP contribution is -2.18. The number of halogens is 1. The van der Waals surface area contributed by atoms with Gasteiger partial charge < -0.3 is 8.92 Å². The smallest absolute Gasteiger partial charge is 0.339 e. The van der Waals surface area contributed by atoms with E-state index in [0.29, 0.717) is 5.56 Å². The van der Waals surface area contributed by atoms with Gasteiger partial charge in [-0.3, -0.25) is 10.1 Å². The molecule has 190 valence electrons. The van der Waals surface area contributed by atoms with Crippen LogP contribution in [0.4, 0.5) is 5.69 Å². The van der Waals surface area contributed by atoms with Gasteiger partial charge in [0.1, 0.15) is 4.90 Å². The highest BCUT2D eigenvalue weighted by Crippen LogP contribution is 2.38. The SMILES string of the molecule is CCOc1cc(C=NNS(=O)(=O)c2ccc(C)cc2)cc(Br)c1OS(=O)(=O)c1ccc([N+](=O)[O-])cc1. The molecule has 11 nitrogen and oxygen atoms in total. The summed E-state index contributed by atoms with van der Waals surface area (Å²) in [7, 11) is -8.25. The zero-order chi connectivity index (χ0) is 26.5. The molecule has 0 fully saturated rings. The number of nitro benzene ring substituents is 1. The lowest BCUT2D eigenvalue weighted by atomic mass is 10.2. The summed E-state index contributed by atoms with van der Waals surface area (Å²) in [6, 6.07) is 13.3. The Hall–Kier alpha value is -3.49. The minimum absolute atomic E-state index is 0.0419. The number of nitrogens with zero attached hydrogens (tertiary/aromatic N) is 2. The van der Waals surface area contributed by atoms with Gasteiger partial charge in [0.2, 0.25) is 0 Å². The predicted octanol–water partition coefficient (Wildman–Crippen LogP) is 4.14. The maximum absolute atomic E-state index is 12.7. The Kier molecular flexibility index (Phi) is 8.32. The number of hydrogen-bond acceptors (Lipinski definition) is 9. The van der Waals surface area contributed by atoms with Gasteiger partial charge in [-0.05, 0) is 71.7 Å². The summed E-state index contributed by atoms with van der Waals surface area (Å²) >= 11 is 3.24. The molecule has 0 heterocycles. The molecule has 14 heteroatoms. The number of rotatable bonds is 10. The zero-order valence-corrected chi connectivity index (χ0v) is 22.1. The van der Waals surface area contributed by atoms with Crippen molar-refractivity contribution in [3.63, 3.8) is 0 Å². The molecule has 1 N–H and O–H groups in total. The number of non-ortho nitro benzene ring substituents is 1. The molecule has 0 spiro atoms. The normalized spacial score (nSPS) is 11.9. The van der Waals surface area contributed by atoms with Gasteiger partial charge in [-0.25, -0.2) is 4.83 Å². The van der Waals surface area contributed by atoms with Crippen LogP contribution in [0, 0.1) is 17.0 Å². The first-order valence-corrected chi connectivity index (χ1v) is 13.9. The number of hydrazone groups is 1. The highest BCUT2D eigenvalue weighted by molar-refractivity contribution is 9.10. The molecule has 0 bridgehead atoms. The third-order valence-electron chi connectivity index (χ3n) is 4.58. The first-order valence-electron chi connectivity index (χ1n) is 10.2. The highest BCUT2D eigenvalue weighted by atomic mass is 79.9. The Balaban J connectivity index is 1.85. The Morgan fingerprint density at radius 1 is 1.03 bits per heavy atom. The van der Waals surface area contributed by atoms with Gasteiger partial charge >= 0.3 is 10.1 Å². The third kappa shape index (κ3) is 6.59. The summed E-state index contributed by atoms with van der Waals surface area (Å²) in [5.41, 5.74) is 1.01. The second-order valence-corrected chi connectivity index (χ2v) is 11.3. The predicted molar refractivity (Wildman–Crippen MR) is 135 cm³/mol. The second kappa shape index (κ2) is 11.1. The van der Waals surface area contributed by atoms with Gasteiger partial charge in [-0.1, -0.05) is 17.7 Å². The molecule has 0 radical (unpaired) electrons. The molecule has 3 aromatic carbocycles. The van der Waals surface area contributed by atoms with E-state index in [0.717, 1.165) is 29.8 Å². The zero-order valence-electron chi connectivity index (χ0n) is 18.9. The Morgan fingerprint density at radius 3 is 2.22 bits per heavy atom. The average Bonchev–Trinajstić information content (AvgIpc) is 2.82. The van der Waals surface area contributed by atoms with Gasteiger partial charge in [0.05, 0.1) is 27.1 Å². The van der Waals surface area contributed by atoms with E-state index >= 15 is 0 Å². The van der Waals surface area contributed by atoms with Crippen LogP contribution in [0.25, 0.3) is 0 Å². The van der Waals surface area contributed by atoms with Crippen LogP contribution in [0.15, 0.2) is 80.0 Å². The molecule has 0 saturated heterocycles. The first-order chi connectivity index (χ1) is 16.9. The number of nitro groups is 1. The molecule has 3 aromatic rings. The summed E-state index contributed by atoms with van der Waals surface area (Å²) in [4.78, 5) is 12.0. The van der Waals surface area contributed by atoms with Crippen LogP contribution in [-0.4, -0.2) is 34.6 Å². The molecule has 3 rings (SSSR count). The van der Waals surface area contributed by atoms with Gasteiger partial charge in [0, 0.05) is 12.1 Å². The van der Waals surface area contributed by atoms with Crippen LogP contribution < -0.4 is 13.8 Å². The third-order valence-corrected chi connectivity index (χ3v) is 7.64. The molecule has 0 atom stereocenters. The lowest BCUT2D eigenvalue weighted by molar-refractivity contribution is -0.384. The van der Waals surface area contributed by atoms with E-state index in [4.69, 9.17) is 8.92 Å². The number of hydrogen-bond donors (Lipinski definition) is 1. The topological polar surface area (TPSA) is 154 Å². The maximum Gasteiger partial charge on any atom is 0.339 e. The van der Waals surface area contributed by atoms with Crippen LogP contribution in [0.5, 0.6) is 11.5 Å². The summed E-state index contributed by atoms with van der Waals surface area (Å²) in [6.07, 6.45) is 1.22. The number of aryl methyl sites for hydroxylation is 1. The van der Waals surface area contributed by atoms with Crippen molar-refractivity contribution in [3.05, 3.63) is 86.4 Å². The minimum atomic E-state index is -4.36. The van der Waals surface area contributed by atoms with Crippen molar-refractivity contribution in [2.75, 3.05) is 6.61 Å². The quantitative estimate of drug-likeness (QED) is 0.158. The maximum atomic E-state index is 12.7. The fraction of sp³-hybridized carbons (Fsp3) is 0.136. The standard InChI is InChI=1S/C22H20BrN3O8S2/c1-3-33-21-13-16(14-24-25-35(29,30)18-8-4-15(2)5-9-18)12-20(23)22(21)34-36(31,32)19-10-6-17(7-11-19)26(27)28/h4-14,25H,3H2,1-2H3. The van der Waals surface area contributed by atoms with Crippen molar-refractivity contribution < 1.29 is 30.7 Å². The van der Waals surface area contributed by atoms with E-state index < -0.39 is 25.1 Å². The molecule has 0 aliphatic heterocycles. The molecular weight excluding hydrogens is 578 g/mol. The van der Waals surface area contributed by atoms with E-state index in [2.05, 4.69) is 25.9 Å². The van der Waals surface area contributed by atoms with Crippen molar-refractivity contribution in [1.29, 1.82) is 0 Å². The molecule has 0 aliphatic carbocycles. The van der Waals surface area contributed by atoms with Gasteiger partial charge in [0.25, 0.3) is 15.7 Å². The summed E-state index contributed by atoms with van der Waals surface area (Å²) < 4.78 is 61.2. The fourth-order valence-corrected chi connectivity index (χ4v) is 5.24. The molecule has 36 heavy (non-hydrogen) atoms. The van der Waals surface area contributed by atoms with Crippen LogP contribution in [-0.2, 0) is 20.1 Å². The summed E-state index contributed by atoms with van der Waals surface area (Å²) in [6.45, 7) is 3.68. The summed E-state index contributed by atoms with van der Waals surface area (Å²) in [5, 5.41) is 14.6. The van der Waals surface area contributed by atoms with Crippen molar-refractivity contribution in [2.24, 2.45) is 5.10 Å². The van der Waals surface area contributed by atoms with Crippen LogP contribution in [0.3, 0.4) is 0 Å². The molecule has 0 aliphatic rings. The number of benzene rings is 3. The number of nitrogens with one attached hydrogen (secondary N) is 1. The van der Waals surface area contributed by atoms with Crippen molar-refractivity contribution in [1.82, 2.24) is 4.83 Å². The Morgan fingerprint density at radius 2 is 1.64 bits per heavy atom. The molecule has 0 saturated carbocycles. The van der Waals surface area contributed by atoms with E-state index in [1.165, 1.54) is 30.5 Å². The molecule has 0 unspecified atom stereocenters. The average molecular weight is 598 g/mol. The van der Waals surface area contributed by atoms with Crippen molar-refractivity contribution in [3.8, 4) is 11.5 Å². The van der Waals surface area contributed by atoms with Gasteiger partial charge in [-0.2, -0.15) is 21.9 Å². The monoisotopic (exact) mass is 597 g/mol. The number of ether oxygens (including phenoxy) is 1. The van der Waals surface area contributed by atoms with E-state index in [1.54, 1.807) is 19.1 Å². The van der Waals surface area contributed by atoms with Gasteiger partial charge in [0.15, 0.2) is 11.5 Å². The largest absolute Gasteiger partial charge is 0.490 e. The van der Waals surface area contributed by atoms with E-state index in [1.807, 2.05) is 6.92 Å². The fourth-order valence-electron chi connectivity index (χ4n) is 2.84. The van der Waals surface area contributed by atoms with Crippen molar-refractivity contribution >= 4 is 48.0 Å². The van der Waals surface area contributed by atoms with E-state index in [9.17, 15) is 26.9 Å². The van der Waals surface area contributed by atoms with Crippen LogP contribution >= 0.6 is 15.9 Å². The lowest BCUT2D eigenvalue weighted by Gasteiger charge is -2.14. The second-order valence-electron chi connectivity index (χ2n) is 7.22. The summed E-state index contributed by atoms with van der Waals surface area (Å²) in [5.74, 6) is -0.118. The molecule has 0 amide bonds. The molecular formula is C22H20BrN3O8S2. The first kappa shape index (κ1) is 27.1. The van der Waals surface area contributed by atoms with Crippen LogP contribution in [0.2, 0.25) is 0 Å². The Bertz CT molecular complexity index is 1510. The highest BCUT2D eigenvalue weighted by Gasteiger charge is 2.23. The molecule has 0 aromatic heterocycles. The number of sulfonamides is 1. The van der Waals surface area contributed by atoms with Crippen LogP contribution in [0.1, 0.15) is 18.1 Å². The van der Waals surface area contributed by atoms with E-state index in [-0.39, 0.29) is 38.1 Å². The minimum Gasteiger partial charge on any atom is -0.490 e.